The van der Waals surface area contributed by atoms with Crippen LogP contribution in [0.2, 0.25) is 0 Å². The summed E-state index contributed by atoms with van der Waals surface area (Å²) >= 11 is 0. The number of hydrogen-bond donors (Lipinski definition) is 0. The van der Waals surface area contributed by atoms with Gasteiger partial charge in [-0.15, -0.1) is 0 Å². The van der Waals surface area contributed by atoms with Crippen LogP contribution in [0.1, 0.15) is 27.4 Å². The second-order valence-corrected chi connectivity index (χ2v) is 5.72. The Hall–Kier alpha value is -3.42. The quantitative estimate of drug-likeness (QED) is 0.556. The van der Waals surface area contributed by atoms with Gasteiger partial charge < -0.3 is 18.1 Å². The fraction of sp³-hybridized carbons (Fsp3) is 0.176. The summed E-state index contributed by atoms with van der Waals surface area (Å²) in [6.45, 7) is 2.56. The van der Waals surface area contributed by atoms with Crippen molar-refractivity contribution >= 4 is 11.6 Å². The van der Waals surface area contributed by atoms with Crippen molar-refractivity contribution in [2.45, 2.75) is 20.0 Å². The maximum Gasteiger partial charge on any atom is 0.274 e. The molecule has 0 unspecified atom stereocenters. The standard InChI is InChI=1S/C17H15N5O3/c1-12-2-3-16-20-15(7-21(16)4-12)17(23)22(5-13-8-24-10-18-13)6-14-9-25-11-19-14/h2-4,7-11H,5-6H2,1H3. The first-order valence-corrected chi connectivity index (χ1v) is 7.68. The summed E-state index contributed by atoms with van der Waals surface area (Å²) < 4.78 is 11.8. The van der Waals surface area contributed by atoms with E-state index in [0.717, 1.165) is 11.2 Å². The third-order valence-electron chi connectivity index (χ3n) is 3.78. The maximum atomic E-state index is 13.0. The average Bonchev–Trinajstić information content (AvgIpc) is 3.34. The van der Waals surface area contributed by atoms with Crippen LogP contribution in [0.25, 0.3) is 5.65 Å². The Morgan fingerprint density at radius 2 is 1.76 bits per heavy atom. The van der Waals surface area contributed by atoms with Crippen LogP contribution in [0.4, 0.5) is 0 Å². The number of hydrogen-bond acceptors (Lipinski definition) is 6. The Labute approximate surface area is 142 Å². The molecule has 0 aromatic carbocycles. The molecule has 0 saturated carbocycles. The zero-order chi connectivity index (χ0) is 17.2. The highest BCUT2D eigenvalue weighted by molar-refractivity contribution is 5.92. The highest BCUT2D eigenvalue weighted by Crippen LogP contribution is 2.14. The molecule has 8 heteroatoms. The Balaban J connectivity index is 1.65. The molecular formula is C17H15N5O3. The molecule has 0 spiro atoms. The molecule has 4 aromatic rings. The van der Waals surface area contributed by atoms with E-state index in [0.29, 0.717) is 17.1 Å². The van der Waals surface area contributed by atoms with E-state index in [4.69, 9.17) is 8.83 Å². The summed E-state index contributed by atoms with van der Waals surface area (Å²) in [7, 11) is 0. The number of fused-ring (bicyclic) bond motifs is 1. The first-order chi connectivity index (χ1) is 12.2. The number of pyridine rings is 1. The summed E-state index contributed by atoms with van der Waals surface area (Å²) in [5.41, 5.74) is 3.47. The van der Waals surface area contributed by atoms with Crippen molar-refractivity contribution in [2.75, 3.05) is 0 Å². The molecular weight excluding hydrogens is 322 g/mol. The molecule has 0 aliphatic carbocycles. The molecule has 0 atom stereocenters. The number of nitrogens with zero attached hydrogens (tertiary/aromatic N) is 5. The van der Waals surface area contributed by atoms with Gasteiger partial charge in [0.25, 0.3) is 5.91 Å². The monoisotopic (exact) mass is 337 g/mol. The summed E-state index contributed by atoms with van der Waals surface area (Å²) in [4.78, 5) is 27.2. The van der Waals surface area contributed by atoms with Gasteiger partial charge in [-0.25, -0.2) is 15.0 Å². The molecule has 0 radical (unpaired) electrons. The molecule has 0 bridgehead atoms. The molecule has 25 heavy (non-hydrogen) atoms. The maximum absolute atomic E-state index is 13.0. The first-order valence-electron chi connectivity index (χ1n) is 7.68. The van der Waals surface area contributed by atoms with Crippen LogP contribution >= 0.6 is 0 Å². The lowest BCUT2D eigenvalue weighted by Crippen LogP contribution is -2.30. The van der Waals surface area contributed by atoms with Gasteiger partial charge in [-0.2, -0.15) is 0 Å². The van der Waals surface area contributed by atoms with Crippen molar-refractivity contribution in [2.24, 2.45) is 0 Å². The Bertz CT molecular complexity index is 953. The lowest BCUT2D eigenvalue weighted by molar-refractivity contribution is 0.0720. The average molecular weight is 337 g/mol. The Morgan fingerprint density at radius 3 is 2.36 bits per heavy atom. The van der Waals surface area contributed by atoms with Crippen LogP contribution in [0.15, 0.2) is 58.7 Å². The minimum Gasteiger partial charge on any atom is -0.451 e. The van der Waals surface area contributed by atoms with Gasteiger partial charge in [-0.05, 0) is 18.6 Å². The van der Waals surface area contributed by atoms with Gasteiger partial charge >= 0.3 is 0 Å². The van der Waals surface area contributed by atoms with Crippen LogP contribution in [0.3, 0.4) is 0 Å². The summed E-state index contributed by atoms with van der Waals surface area (Å²) in [5.74, 6) is -0.215. The van der Waals surface area contributed by atoms with E-state index >= 15 is 0 Å². The molecule has 0 aliphatic heterocycles. The summed E-state index contributed by atoms with van der Waals surface area (Å²) in [6, 6.07) is 3.84. The number of aryl methyl sites for hydroxylation is 1. The van der Waals surface area contributed by atoms with Gasteiger partial charge in [0.1, 0.15) is 23.9 Å². The topological polar surface area (TPSA) is 89.7 Å². The highest BCUT2D eigenvalue weighted by Gasteiger charge is 2.21. The number of oxazole rings is 2. The van der Waals surface area contributed by atoms with E-state index in [2.05, 4.69) is 15.0 Å². The Kier molecular flexibility index (Phi) is 3.77. The van der Waals surface area contributed by atoms with Crippen molar-refractivity contribution in [1.29, 1.82) is 0 Å². The van der Waals surface area contributed by atoms with Gasteiger partial charge in [-0.1, -0.05) is 6.07 Å². The van der Waals surface area contributed by atoms with Crippen LogP contribution in [0, 0.1) is 6.92 Å². The predicted molar refractivity (Wildman–Crippen MR) is 86.5 cm³/mol. The number of aromatic nitrogens is 4. The molecule has 0 N–H and O–H groups in total. The fourth-order valence-corrected chi connectivity index (χ4v) is 2.59. The van der Waals surface area contributed by atoms with Gasteiger partial charge in [0.2, 0.25) is 0 Å². The van der Waals surface area contributed by atoms with Gasteiger partial charge in [-0.3, -0.25) is 4.79 Å². The lowest BCUT2D eigenvalue weighted by atomic mass is 10.3. The van der Waals surface area contributed by atoms with E-state index < -0.39 is 0 Å². The molecule has 0 aliphatic rings. The van der Waals surface area contributed by atoms with E-state index in [1.165, 1.54) is 25.3 Å². The third kappa shape index (κ3) is 3.14. The number of carbonyl (C=O) groups excluding carboxylic acids is 1. The van der Waals surface area contributed by atoms with Crippen LogP contribution < -0.4 is 0 Å². The number of rotatable bonds is 5. The molecule has 126 valence electrons. The van der Waals surface area contributed by atoms with E-state index in [-0.39, 0.29) is 19.0 Å². The van der Waals surface area contributed by atoms with Crippen molar-refractivity contribution in [1.82, 2.24) is 24.3 Å². The largest absolute Gasteiger partial charge is 0.451 e. The van der Waals surface area contributed by atoms with Gasteiger partial charge in [0.05, 0.1) is 24.5 Å². The second-order valence-electron chi connectivity index (χ2n) is 5.72. The van der Waals surface area contributed by atoms with Crippen LogP contribution in [-0.4, -0.2) is 30.2 Å². The zero-order valence-corrected chi connectivity index (χ0v) is 13.5. The minimum absolute atomic E-state index is 0.215. The van der Waals surface area contributed by atoms with E-state index in [1.807, 2.05) is 29.7 Å². The number of amides is 1. The SMILES string of the molecule is Cc1ccc2nc(C(=O)N(Cc3cocn3)Cc3cocn3)cn2c1. The predicted octanol–water partition coefficient (Wildman–Crippen LogP) is 2.46. The normalized spacial score (nSPS) is 11.1. The van der Waals surface area contributed by atoms with E-state index in [1.54, 1.807) is 11.1 Å². The molecule has 0 saturated heterocycles. The second kappa shape index (κ2) is 6.23. The third-order valence-corrected chi connectivity index (χ3v) is 3.78. The molecule has 0 fully saturated rings. The molecule has 4 heterocycles. The fourth-order valence-electron chi connectivity index (χ4n) is 2.59. The molecule has 4 rings (SSSR count). The molecule has 8 nitrogen and oxygen atoms in total. The summed E-state index contributed by atoms with van der Waals surface area (Å²) in [5, 5.41) is 0. The smallest absolute Gasteiger partial charge is 0.274 e. The van der Waals surface area contributed by atoms with Gasteiger partial charge in [0, 0.05) is 12.4 Å². The first kappa shape index (κ1) is 15.1. The van der Waals surface area contributed by atoms with Crippen molar-refractivity contribution in [3.8, 4) is 0 Å². The number of carbonyl (C=O) groups is 1. The van der Waals surface area contributed by atoms with E-state index in [9.17, 15) is 4.79 Å². The van der Waals surface area contributed by atoms with Crippen LogP contribution in [0.5, 0.6) is 0 Å². The Morgan fingerprint density at radius 1 is 1.08 bits per heavy atom. The molecule has 1 amide bonds. The highest BCUT2D eigenvalue weighted by atomic mass is 16.3. The minimum atomic E-state index is -0.215. The van der Waals surface area contributed by atoms with Crippen molar-refractivity contribution < 1.29 is 13.6 Å². The summed E-state index contributed by atoms with van der Waals surface area (Å²) in [6.07, 6.45) is 9.34. The van der Waals surface area contributed by atoms with Gasteiger partial charge in [0.15, 0.2) is 12.8 Å². The zero-order valence-electron chi connectivity index (χ0n) is 13.5. The van der Waals surface area contributed by atoms with Crippen LogP contribution in [-0.2, 0) is 13.1 Å². The van der Waals surface area contributed by atoms with Crippen molar-refractivity contribution in [3.63, 3.8) is 0 Å². The number of imidazole rings is 1. The lowest BCUT2D eigenvalue weighted by Gasteiger charge is -2.19. The molecule has 4 aromatic heterocycles. The van der Waals surface area contributed by atoms with Crippen molar-refractivity contribution in [3.05, 3.63) is 72.5 Å².